The van der Waals surface area contributed by atoms with Crippen LogP contribution in [0, 0.1) is 6.92 Å². The number of nitrogens with zero attached hydrogens (tertiary/aromatic N) is 2. The summed E-state index contributed by atoms with van der Waals surface area (Å²) in [6.07, 6.45) is 3.51. The maximum atomic E-state index is 5.74. The molecule has 0 atom stereocenters. The zero-order valence-corrected chi connectivity index (χ0v) is 14.4. The molecule has 0 bridgehead atoms. The Balaban J connectivity index is 1.48. The summed E-state index contributed by atoms with van der Waals surface area (Å²) in [4.78, 5) is 6.79. The third-order valence-electron chi connectivity index (χ3n) is 3.85. The molecule has 0 radical (unpaired) electrons. The standard InChI is InChI=1S/C17H21N3S2/c1-13-16(22-17(18)19-13)21-12-11-20-9-7-15(8-10-20)14-5-3-2-4-6-14/h2-7H,8-12H2,1H3,(H2,18,19). The van der Waals surface area contributed by atoms with Gasteiger partial charge in [0.15, 0.2) is 5.13 Å². The normalized spacial score (nSPS) is 15.8. The van der Waals surface area contributed by atoms with Crippen LogP contribution in [0.15, 0.2) is 40.6 Å². The van der Waals surface area contributed by atoms with Gasteiger partial charge in [-0.15, -0.1) is 11.8 Å². The summed E-state index contributed by atoms with van der Waals surface area (Å²) in [5.41, 5.74) is 9.66. The largest absolute Gasteiger partial charge is 0.375 e. The van der Waals surface area contributed by atoms with E-state index in [4.69, 9.17) is 5.73 Å². The van der Waals surface area contributed by atoms with Crippen molar-refractivity contribution in [2.75, 3.05) is 31.1 Å². The fourth-order valence-corrected chi connectivity index (χ4v) is 4.73. The average molecular weight is 332 g/mol. The van der Waals surface area contributed by atoms with Crippen LogP contribution in [0.5, 0.6) is 0 Å². The zero-order valence-electron chi connectivity index (χ0n) is 12.8. The number of hydrogen-bond acceptors (Lipinski definition) is 5. The molecule has 1 aliphatic rings. The number of thioether (sulfide) groups is 1. The molecule has 1 aromatic heterocycles. The minimum absolute atomic E-state index is 0.674. The van der Waals surface area contributed by atoms with E-state index in [1.54, 1.807) is 11.3 Å². The predicted molar refractivity (Wildman–Crippen MR) is 97.5 cm³/mol. The lowest BCUT2D eigenvalue weighted by molar-refractivity contribution is 0.321. The van der Waals surface area contributed by atoms with Gasteiger partial charge in [0.05, 0.1) is 9.90 Å². The van der Waals surface area contributed by atoms with Crippen LogP contribution >= 0.6 is 23.1 Å². The minimum atomic E-state index is 0.674. The number of nitrogens with two attached hydrogens (primary N) is 1. The molecule has 2 heterocycles. The third kappa shape index (κ3) is 3.91. The number of anilines is 1. The van der Waals surface area contributed by atoms with Crippen LogP contribution in [0.25, 0.3) is 5.57 Å². The molecule has 3 nitrogen and oxygen atoms in total. The molecule has 1 aromatic carbocycles. The van der Waals surface area contributed by atoms with E-state index in [2.05, 4.69) is 46.3 Å². The van der Waals surface area contributed by atoms with Gasteiger partial charge in [0.25, 0.3) is 0 Å². The molecule has 0 amide bonds. The van der Waals surface area contributed by atoms with Gasteiger partial charge in [-0.05, 0) is 24.5 Å². The van der Waals surface area contributed by atoms with Crippen molar-refractivity contribution in [3.8, 4) is 0 Å². The molecule has 0 saturated carbocycles. The number of hydrogen-bond donors (Lipinski definition) is 1. The molecule has 0 aliphatic carbocycles. The number of rotatable bonds is 5. The lowest BCUT2D eigenvalue weighted by Gasteiger charge is -2.26. The van der Waals surface area contributed by atoms with Crippen molar-refractivity contribution in [3.63, 3.8) is 0 Å². The summed E-state index contributed by atoms with van der Waals surface area (Å²) in [5, 5.41) is 0.674. The van der Waals surface area contributed by atoms with Gasteiger partial charge in [-0.2, -0.15) is 0 Å². The van der Waals surface area contributed by atoms with Gasteiger partial charge >= 0.3 is 0 Å². The fraction of sp³-hybridized carbons (Fsp3) is 0.353. The Labute approximate surface area is 140 Å². The quantitative estimate of drug-likeness (QED) is 0.843. The van der Waals surface area contributed by atoms with Crippen molar-refractivity contribution >= 4 is 33.8 Å². The van der Waals surface area contributed by atoms with Crippen LogP contribution < -0.4 is 5.73 Å². The monoisotopic (exact) mass is 331 g/mol. The molecule has 2 aromatic rings. The first-order valence-corrected chi connectivity index (χ1v) is 9.35. The Bertz CT molecular complexity index is 649. The van der Waals surface area contributed by atoms with Gasteiger partial charge in [-0.1, -0.05) is 47.7 Å². The topological polar surface area (TPSA) is 42.1 Å². The number of nitrogen functional groups attached to an aromatic ring is 1. The van der Waals surface area contributed by atoms with Crippen LogP contribution in [0.1, 0.15) is 17.7 Å². The van der Waals surface area contributed by atoms with Crippen molar-refractivity contribution in [2.24, 2.45) is 0 Å². The summed E-state index contributed by atoms with van der Waals surface area (Å²) >= 11 is 3.47. The Morgan fingerprint density at radius 3 is 2.77 bits per heavy atom. The van der Waals surface area contributed by atoms with Crippen LogP contribution in [0.4, 0.5) is 5.13 Å². The second kappa shape index (κ2) is 7.31. The van der Waals surface area contributed by atoms with Gasteiger partial charge in [0.1, 0.15) is 0 Å². The summed E-state index contributed by atoms with van der Waals surface area (Å²) < 4.78 is 1.26. The second-order valence-electron chi connectivity index (χ2n) is 5.42. The van der Waals surface area contributed by atoms with E-state index >= 15 is 0 Å². The summed E-state index contributed by atoms with van der Waals surface area (Å²) in [7, 11) is 0. The van der Waals surface area contributed by atoms with Gasteiger partial charge in [0, 0.05) is 25.4 Å². The van der Waals surface area contributed by atoms with Crippen LogP contribution in [0.3, 0.4) is 0 Å². The fourth-order valence-electron chi connectivity index (χ4n) is 2.63. The first-order valence-electron chi connectivity index (χ1n) is 7.55. The Hall–Kier alpha value is -1.30. The summed E-state index contributed by atoms with van der Waals surface area (Å²) in [6, 6.07) is 10.7. The molecule has 5 heteroatoms. The van der Waals surface area contributed by atoms with E-state index in [1.807, 2.05) is 18.7 Å². The first kappa shape index (κ1) is 15.6. The molecule has 2 N–H and O–H groups in total. The second-order valence-corrected chi connectivity index (χ2v) is 7.81. The highest BCUT2D eigenvalue weighted by atomic mass is 32.2. The molecule has 116 valence electrons. The molecule has 1 aliphatic heterocycles. The maximum absolute atomic E-state index is 5.74. The van der Waals surface area contributed by atoms with Gasteiger partial charge in [-0.25, -0.2) is 4.98 Å². The van der Waals surface area contributed by atoms with Crippen molar-refractivity contribution in [1.82, 2.24) is 9.88 Å². The molecular weight excluding hydrogens is 310 g/mol. The summed E-state index contributed by atoms with van der Waals surface area (Å²) in [6.45, 7) is 5.34. The Morgan fingerprint density at radius 2 is 2.14 bits per heavy atom. The van der Waals surface area contributed by atoms with Crippen molar-refractivity contribution in [2.45, 2.75) is 17.6 Å². The summed E-state index contributed by atoms with van der Waals surface area (Å²) in [5.74, 6) is 1.09. The highest BCUT2D eigenvalue weighted by Gasteiger charge is 2.13. The first-order chi connectivity index (χ1) is 10.7. The molecule has 3 rings (SSSR count). The molecule has 22 heavy (non-hydrogen) atoms. The predicted octanol–water partition coefficient (Wildman–Crippen LogP) is 3.92. The van der Waals surface area contributed by atoms with Crippen molar-refractivity contribution in [3.05, 3.63) is 47.7 Å². The van der Waals surface area contributed by atoms with Crippen molar-refractivity contribution in [1.29, 1.82) is 0 Å². The van der Waals surface area contributed by atoms with E-state index < -0.39 is 0 Å². The number of benzene rings is 1. The van der Waals surface area contributed by atoms with Crippen molar-refractivity contribution < 1.29 is 0 Å². The Kier molecular flexibility index (Phi) is 5.18. The lowest BCUT2D eigenvalue weighted by Crippen LogP contribution is -2.30. The lowest BCUT2D eigenvalue weighted by atomic mass is 10.00. The van der Waals surface area contributed by atoms with Crippen LogP contribution in [-0.2, 0) is 0 Å². The third-order valence-corrected chi connectivity index (χ3v) is 6.18. The van der Waals surface area contributed by atoms with Gasteiger partial charge < -0.3 is 5.73 Å². The number of thiazole rings is 1. The number of aryl methyl sites for hydroxylation is 1. The molecule has 0 spiro atoms. The minimum Gasteiger partial charge on any atom is -0.375 e. The van der Waals surface area contributed by atoms with Crippen LogP contribution in [-0.4, -0.2) is 35.3 Å². The van der Waals surface area contributed by atoms with E-state index in [9.17, 15) is 0 Å². The van der Waals surface area contributed by atoms with E-state index in [0.717, 1.165) is 37.5 Å². The van der Waals surface area contributed by atoms with Crippen LogP contribution in [0.2, 0.25) is 0 Å². The molecule has 0 unspecified atom stereocenters. The average Bonchev–Trinajstić information content (AvgIpc) is 2.87. The maximum Gasteiger partial charge on any atom is 0.181 e. The van der Waals surface area contributed by atoms with E-state index in [1.165, 1.54) is 15.3 Å². The highest BCUT2D eigenvalue weighted by molar-refractivity contribution is 8.01. The van der Waals surface area contributed by atoms with Gasteiger partial charge in [-0.3, -0.25) is 4.90 Å². The number of aromatic nitrogens is 1. The Morgan fingerprint density at radius 1 is 1.32 bits per heavy atom. The molecule has 0 saturated heterocycles. The van der Waals surface area contributed by atoms with Gasteiger partial charge in [0.2, 0.25) is 0 Å². The molecular formula is C17H21N3S2. The van der Waals surface area contributed by atoms with E-state index in [0.29, 0.717) is 5.13 Å². The molecule has 0 fully saturated rings. The zero-order chi connectivity index (χ0) is 15.4. The van der Waals surface area contributed by atoms with E-state index in [-0.39, 0.29) is 0 Å². The SMILES string of the molecule is Cc1nc(N)sc1SCCN1CC=C(c2ccccc2)CC1. The highest BCUT2D eigenvalue weighted by Crippen LogP contribution is 2.30. The smallest absolute Gasteiger partial charge is 0.181 e.